The van der Waals surface area contributed by atoms with E-state index in [4.69, 9.17) is 14.2 Å². The van der Waals surface area contributed by atoms with Crippen molar-refractivity contribution in [1.82, 2.24) is 5.43 Å². The fraction of sp³-hybridized carbons (Fsp3) is 0.0909. The second-order valence-corrected chi connectivity index (χ2v) is 8.06. The van der Waals surface area contributed by atoms with Crippen molar-refractivity contribution in [1.29, 1.82) is 0 Å². The number of hydrazone groups is 1. The molecule has 1 amide bonds. The van der Waals surface area contributed by atoms with Gasteiger partial charge >= 0.3 is 0 Å². The Morgan fingerprint density at radius 1 is 1.03 bits per heavy atom. The summed E-state index contributed by atoms with van der Waals surface area (Å²) in [6.45, 7) is 0.616. The highest BCUT2D eigenvalue weighted by molar-refractivity contribution is 9.11. The maximum absolute atomic E-state index is 12.3. The molecule has 1 aliphatic rings. The van der Waals surface area contributed by atoms with Crippen LogP contribution in [0.15, 0.2) is 74.7 Å². The van der Waals surface area contributed by atoms with Crippen LogP contribution < -0.4 is 19.6 Å². The lowest BCUT2D eigenvalue weighted by Gasteiger charge is -2.11. The highest BCUT2D eigenvalue weighted by Gasteiger charge is 2.16. The summed E-state index contributed by atoms with van der Waals surface area (Å²) in [6.07, 6.45) is 1.56. The summed E-state index contributed by atoms with van der Waals surface area (Å²) in [6, 6.07) is 18.6. The highest BCUT2D eigenvalue weighted by Crippen LogP contribution is 2.35. The van der Waals surface area contributed by atoms with Crippen LogP contribution in [0.3, 0.4) is 0 Å². The fourth-order valence-electron chi connectivity index (χ4n) is 2.79. The zero-order valence-electron chi connectivity index (χ0n) is 15.6. The molecule has 8 heteroatoms. The molecule has 0 saturated carbocycles. The van der Waals surface area contributed by atoms with Crippen LogP contribution in [0.25, 0.3) is 0 Å². The molecule has 3 aromatic carbocycles. The lowest BCUT2D eigenvalue weighted by Crippen LogP contribution is -2.17. The van der Waals surface area contributed by atoms with Crippen LogP contribution in [0.2, 0.25) is 0 Å². The minimum absolute atomic E-state index is 0.160. The Labute approximate surface area is 190 Å². The molecule has 1 N–H and O–H groups in total. The fourth-order valence-corrected chi connectivity index (χ4v) is 4.24. The zero-order valence-corrected chi connectivity index (χ0v) is 18.8. The molecule has 4 rings (SSSR count). The molecule has 0 saturated heterocycles. The van der Waals surface area contributed by atoms with Gasteiger partial charge in [-0.3, -0.25) is 4.79 Å². The Hall–Kier alpha value is -2.84. The molecule has 1 aliphatic heterocycles. The molecule has 6 nitrogen and oxygen atoms in total. The summed E-state index contributed by atoms with van der Waals surface area (Å²) in [4.78, 5) is 12.3. The molecule has 3 aromatic rings. The third kappa shape index (κ3) is 4.83. The van der Waals surface area contributed by atoms with Gasteiger partial charge in [-0.05, 0) is 73.3 Å². The normalized spacial score (nSPS) is 12.2. The summed E-state index contributed by atoms with van der Waals surface area (Å²) in [5.41, 5.74) is 4.81. The first-order chi connectivity index (χ1) is 14.6. The molecule has 1 heterocycles. The van der Waals surface area contributed by atoms with Gasteiger partial charge in [0, 0.05) is 5.56 Å². The van der Waals surface area contributed by atoms with E-state index in [1.165, 1.54) is 0 Å². The van der Waals surface area contributed by atoms with Gasteiger partial charge in [0.05, 0.1) is 15.2 Å². The number of halogens is 2. The van der Waals surface area contributed by atoms with Gasteiger partial charge < -0.3 is 14.2 Å². The van der Waals surface area contributed by atoms with Gasteiger partial charge in [0.1, 0.15) is 12.4 Å². The van der Waals surface area contributed by atoms with Crippen molar-refractivity contribution in [3.05, 3.63) is 86.3 Å². The quantitative estimate of drug-likeness (QED) is 0.347. The molecule has 0 spiro atoms. The van der Waals surface area contributed by atoms with Crippen LogP contribution in [-0.4, -0.2) is 18.9 Å². The standard InChI is InChI=1S/C22H16Br2N2O4/c23-17-8-15(9-18(24)21(17)28-12-14-4-2-1-3-5-14)11-25-26-22(27)16-6-7-19-20(10-16)30-13-29-19/h1-11H,12-13H2,(H,26,27)/b25-11+. The minimum atomic E-state index is -0.342. The summed E-state index contributed by atoms with van der Waals surface area (Å²) < 4.78 is 18.0. The Balaban J connectivity index is 1.39. The SMILES string of the molecule is O=C(N/N=C/c1cc(Br)c(OCc2ccccc2)c(Br)c1)c1ccc2c(c1)OCO2. The predicted octanol–water partition coefficient (Wildman–Crippen LogP) is 5.28. The van der Waals surface area contributed by atoms with E-state index >= 15 is 0 Å². The van der Waals surface area contributed by atoms with Gasteiger partial charge in [0.15, 0.2) is 11.5 Å². The number of carbonyl (C=O) groups is 1. The first-order valence-electron chi connectivity index (χ1n) is 8.99. The number of nitrogens with one attached hydrogen (secondary N) is 1. The second-order valence-electron chi connectivity index (χ2n) is 6.36. The lowest BCUT2D eigenvalue weighted by molar-refractivity contribution is 0.0954. The molecule has 0 bridgehead atoms. The molecule has 0 aromatic heterocycles. The maximum atomic E-state index is 12.3. The van der Waals surface area contributed by atoms with E-state index in [0.29, 0.717) is 29.4 Å². The van der Waals surface area contributed by atoms with E-state index in [1.807, 2.05) is 42.5 Å². The molecule has 30 heavy (non-hydrogen) atoms. The Morgan fingerprint density at radius 3 is 2.53 bits per heavy atom. The molecule has 0 atom stereocenters. The molecule has 0 aliphatic carbocycles. The average Bonchev–Trinajstić information content (AvgIpc) is 3.22. The van der Waals surface area contributed by atoms with Crippen molar-refractivity contribution in [2.24, 2.45) is 5.10 Å². The Kier molecular flexibility index (Phi) is 6.35. The average molecular weight is 532 g/mol. The van der Waals surface area contributed by atoms with Gasteiger partial charge in [-0.2, -0.15) is 5.10 Å². The minimum Gasteiger partial charge on any atom is -0.487 e. The smallest absolute Gasteiger partial charge is 0.271 e. The summed E-state index contributed by atoms with van der Waals surface area (Å²) in [5.74, 6) is 1.52. The number of nitrogens with zero attached hydrogens (tertiary/aromatic N) is 1. The number of hydrogen-bond acceptors (Lipinski definition) is 5. The number of rotatable bonds is 6. The van der Waals surface area contributed by atoms with Crippen molar-refractivity contribution < 1.29 is 19.0 Å². The largest absolute Gasteiger partial charge is 0.487 e. The first kappa shape index (κ1) is 20.4. The molecule has 0 radical (unpaired) electrons. The highest BCUT2D eigenvalue weighted by atomic mass is 79.9. The third-order valence-electron chi connectivity index (χ3n) is 4.26. The molecule has 152 valence electrons. The van der Waals surface area contributed by atoms with Crippen molar-refractivity contribution in [3.63, 3.8) is 0 Å². The zero-order chi connectivity index (χ0) is 20.9. The van der Waals surface area contributed by atoms with Crippen LogP contribution in [0.1, 0.15) is 21.5 Å². The van der Waals surface area contributed by atoms with Gasteiger partial charge in [-0.25, -0.2) is 5.43 Å². The summed E-state index contributed by atoms with van der Waals surface area (Å²) in [5, 5.41) is 4.04. The third-order valence-corrected chi connectivity index (χ3v) is 5.44. The molecular formula is C22H16Br2N2O4. The second kappa shape index (κ2) is 9.32. The van der Waals surface area contributed by atoms with Crippen LogP contribution >= 0.6 is 31.9 Å². The van der Waals surface area contributed by atoms with Crippen LogP contribution in [0.5, 0.6) is 17.2 Å². The van der Waals surface area contributed by atoms with Gasteiger partial charge in [0.2, 0.25) is 6.79 Å². The summed E-state index contributed by atoms with van der Waals surface area (Å²) in [7, 11) is 0. The number of benzene rings is 3. The predicted molar refractivity (Wildman–Crippen MR) is 120 cm³/mol. The van der Waals surface area contributed by atoms with E-state index in [9.17, 15) is 4.79 Å². The van der Waals surface area contributed by atoms with Gasteiger partial charge in [-0.15, -0.1) is 0 Å². The topological polar surface area (TPSA) is 69.2 Å². The number of hydrogen-bond donors (Lipinski definition) is 1. The molecule has 0 fully saturated rings. The monoisotopic (exact) mass is 530 g/mol. The molecular weight excluding hydrogens is 516 g/mol. The number of amides is 1. The van der Waals surface area contributed by atoms with Crippen molar-refractivity contribution in [2.45, 2.75) is 6.61 Å². The van der Waals surface area contributed by atoms with Gasteiger partial charge in [-0.1, -0.05) is 30.3 Å². The lowest BCUT2D eigenvalue weighted by atomic mass is 10.2. The number of fused-ring (bicyclic) bond motifs is 1. The maximum Gasteiger partial charge on any atom is 0.271 e. The van der Waals surface area contributed by atoms with E-state index in [0.717, 1.165) is 20.1 Å². The van der Waals surface area contributed by atoms with Crippen molar-refractivity contribution >= 4 is 44.0 Å². The van der Waals surface area contributed by atoms with Crippen molar-refractivity contribution in [2.75, 3.05) is 6.79 Å². The Bertz CT molecular complexity index is 1080. The number of carbonyl (C=O) groups excluding carboxylic acids is 1. The van der Waals surface area contributed by atoms with Crippen molar-refractivity contribution in [3.8, 4) is 17.2 Å². The van der Waals surface area contributed by atoms with Crippen LogP contribution in [0.4, 0.5) is 0 Å². The van der Waals surface area contributed by atoms with E-state index in [1.54, 1.807) is 24.4 Å². The molecule has 0 unspecified atom stereocenters. The van der Waals surface area contributed by atoms with Crippen LogP contribution in [0, 0.1) is 0 Å². The van der Waals surface area contributed by atoms with E-state index in [-0.39, 0.29) is 12.7 Å². The van der Waals surface area contributed by atoms with E-state index in [2.05, 4.69) is 42.4 Å². The summed E-state index contributed by atoms with van der Waals surface area (Å²) >= 11 is 7.06. The Morgan fingerprint density at radius 2 is 1.77 bits per heavy atom. The van der Waals surface area contributed by atoms with E-state index < -0.39 is 0 Å². The number of ether oxygens (including phenoxy) is 3. The first-order valence-corrected chi connectivity index (χ1v) is 10.6. The van der Waals surface area contributed by atoms with Gasteiger partial charge in [0.25, 0.3) is 5.91 Å². The van der Waals surface area contributed by atoms with Crippen LogP contribution in [-0.2, 0) is 6.61 Å².